The summed E-state index contributed by atoms with van der Waals surface area (Å²) >= 11 is 9.67. The zero-order valence-electron chi connectivity index (χ0n) is 11.0. The number of alkyl halides is 1. The molecule has 2 rings (SSSR count). The van der Waals surface area contributed by atoms with Crippen molar-refractivity contribution in [3.05, 3.63) is 28.8 Å². The molecule has 1 aromatic rings. The van der Waals surface area contributed by atoms with Gasteiger partial charge in [0.15, 0.2) is 0 Å². The third kappa shape index (κ3) is 3.21. The maximum atomic E-state index is 6.19. The molecule has 3 heteroatoms. The Morgan fingerprint density at radius 3 is 2.72 bits per heavy atom. The van der Waals surface area contributed by atoms with Crippen LogP contribution in [0.1, 0.15) is 38.7 Å². The second-order valence-electron chi connectivity index (χ2n) is 5.36. The lowest BCUT2D eigenvalue weighted by Gasteiger charge is -2.32. The Hall–Kier alpha value is -0.210. The summed E-state index contributed by atoms with van der Waals surface area (Å²) in [5.74, 6) is 2.50. The summed E-state index contributed by atoms with van der Waals surface area (Å²) in [6.07, 6.45) is 3.90. The molecule has 1 fully saturated rings. The van der Waals surface area contributed by atoms with E-state index < -0.39 is 0 Å². The molecule has 1 aliphatic rings. The van der Waals surface area contributed by atoms with E-state index in [1.165, 1.54) is 6.42 Å². The monoisotopic (exact) mass is 330 g/mol. The quantitative estimate of drug-likeness (QED) is 0.670. The van der Waals surface area contributed by atoms with Crippen LogP contribution in [0.2, 0.25) is 5.02 Å². The molecular weight excluding hydrogens is 312 g/mol. The highest BCUT2D eigenvalue weighted by molar-refractivity contribution is 9.08. The Bertz CT molecular complexity index is 407. The molecule has 1 saturated carbocycles. The van der Waals surface area contributed by atoms with Gasteiger partial charge >= 0.3 is 0 Å². The van der Waals surface area contributed by atoms with Gasteiger partial charge in [0.25, 0.3) is 0 Å². The van der Waals surface area contributed by atoms with Gasteiger partial charge in [-0.05, 0) is 43.2 Å². The van der Waals surface area contributed by atoms with Crippen LogP contribution in [0.25, 0.3) is 0 Å². The summed E-state index contributed by atoms with van der Waals surface area (Å²) in [5, 5.41) is 1.52. The maximum Gasteiger partial charge on any atom is 0.125 e. The van der Waals surface area contributed by atoms with E-state index in [0.717, 1.165) is 46.3 Å². The maximum absolute atomic E-state index is 6.19. The lowest BCUT2D eigenvalue weighted by Crippen LogP contribution is -2.29. The fourth-order valence-corrected chi connectivity index (χ4v) is 3.54. The molecule has 0 spiro atoms. The number of benzene rings is 1. The third-order valence-electron chi connectivity index (χ3n) is 4.05. The van der Waals surface area contributed by atoms with Crippen molar-refractivity contribution in [1.82, 2.24) is 0 Å². The van der Waals surface area contributed by atoms with Crippen LogP contribution in [0.15, 0.2) is 18.2 Å². The first kappa shape index (κ1) is 14.2. The predicted molar refractivity (Wildman–Crippen MR) is 80.7 cm³/mol. The smallest absolute Gasteiger partial charge is 0.125 e. The molecule has 3 atom stereocenters. The van der Waals surface area contributed by atoms with Crippen LogP contribution in [0.5, 0.6) is 5.75 Å². The summed E-state index contributed by atoms with van der Waals surface area (Å²) in [4.78, 5) is 0. The molecule has 0 radical (unpaired) electrons. The molecule has 1 aliphatic carbocycles. The molecule has 0 aromatic heterocycles. The molecule has 3 unspecified atom stereocenters. The zero-order valence-corrected chi connectivity index (χ0v) is 13.3. The number of hydrogen-bond donors (Lipinski definition) is 0. The van der Waals surface area contributed by atoms with Gasteiger partial charge in [-0.15, -0.1) is 0 Å². The Kier molecular flexibility index (Phi) is 4.97. The molecule has 0 N–H and O–H groups in total. The Labute approximate surface area is 123 Å². The van der Waals surface area contributed by atoms with Crippen LogP contribution >= 0.6 is 27.5 Å². The highest BCUT2D eigenvalue weighted by Crippen LogP contribution is 2.34. The van der Waals surface area contributed by atoms with Gasteiger partial charge in [0, 0.05) is 15.9 Å². The van der Waals surface area contributed by atoms with Crippen molar-refractivity contribution in [2.75, 3.05) is 0 Å². The van der Waals surface area contributed by atoms with Crippen LogP contribution in [0, 0.1) is 11.8 Å². The van der Waals surface area contributed by atoms with E-state index in [2.05, 4.69) is 29.8 Å². The second-order valence-corrected chi connectivity index (χ2v) is 6.33. The summed E-state index contributed by atoms with van der Waals surface area (Å²) in [6, 6.07) is 5.89. The van der Waals surface area contributed by atoms with Crippen LogP contribution in [-0.2, 0) is 5.33 Å². The van der Waals surface area contributed by atoms with Crippen molar-refractivity contribution < 1.29 is 4.74 Å². The molecule has 0 saturated heterocycles. The first-order valence-electron chi connectivity index (χ1n) is 6.61. The fourth-order valence-electron chi connectivity index (χ4n) is 2.56. The van der Waals surface area contributed by atoms with E-state index in [-0.39, 0.29) is 0 Å². The van der Waals surface area contributed by atoms with Crippen molar-refractivity contribution in [3.8, 4) is 5.75 Å². The fraction of sp³-hybridized carbons (Fsp3) is 0.600. The van der Waals surface area contributed by atoms with E-state index in [4.69, 9.17) is 16.3 Å². The van der Waals surface area contributed by atoms with Crippen LogP contribution in [0.4, 0.5) is 0 Å². The lowest BCUT2D eigenvalue weighted by molar-refractivity contribution is 0.0999. The molecule has 0 amide bonds. The number of ether oxygens (including phenoxy) is 1. The Morgan fingerprint density at radius 1 is 1.28 bits per heavy atom. The van der Waals surface area contributed by atoms with Gasteiger partial charge in [-0.2, -0.15) is 0 Å². The first-order chi connectivity index (χ1) is 8.61. The van der Waals surface area contributed by atoms with Crippen molar-refractivity contribution in [2.45, 2.75) is 44.5 Å². The third-order valence-corrected chi connectivity index (χ3v) is 4.97. The molecule has 18 heavy (non-hydrogen) atoms. The first-order valence-corrected chi connectivity index (χ1v) is 8.11. The van der Waals surface area contributed by atoms with Gasteiger partial charge in [-0.3, -0.25) is 0 Å². The van der Waals surface area contributed by atoms with Gasteiger partial charge in [-0.25, -0.2) is 0 Å². The zero-order chi connectivity index (χ0) is 13.1. The average Bonchev–Trinajstić information content (AvgIpc) is 2.34. The lowest BCUT2D eigenvalue weighted by atomic mass is 9.80. The van der Waals surface area contributed by atoms with E-state index in [0.29, 0.717) is 6.10 Å². The Balaban J connectivity index is 2.08. The van der Waals surface area contributed by atoms with Gasteiger partial charge in [0.05, 0.1) is 6.10 Å². The van der Waals surface area contributed by atoms with E-state index in [1.807, 2.05) is 18.2 Å². The summed E-state index contributed by atoms with van der Waals surface area (Å²) in [7, 11) is 0. The van der Waals surface area contributed by atoms with E-state index >= 15 is 0 Å². The molecule has 0 bridgehead atoms. The SMILES string of the molecule is CC1CCC(Oc2cccc(Cl)c2CBr)CC1C. The highest BCUT2D eigenvalue weighted by atomic mass is 79.9. The molecular formula is C15H20BrClO. The molecule has 1 aromatic carbocycles. The predicted octanol–water partition coefficient (Wildman–Crippen LogP) is 5.44. The standard InChI is InChI=1S/C15H20BrClO/c1-10-6-7-12(8-11(10)2)18-15-5-3-4-14(17)13(15)9-16/h3-5,10-12H,6-9H2,1-2H3. The van der Waals surface area contributed by atoms with Gasteiger partial charge in [0.2, 0.25) is 0 Å². The molecule has 100 valence electrons. The molecule has 1 nitrogen and oxygen atoms in total. The minimum atomic E-state index is 0.340. The van der Waals surface area contributed by atoms with Crippen molar-refractivity contribution >= 4 is 27.5 Å². The van der Waals surface area contributed by atoms with Crippen molar-refractivity contribution in [3.63, 3.8) is 0 Å². The van der Waals surface area contributed by atoms with E-state index in [9.17, 15) is 0 Å². The van der Waals surface area contributed by atoms with Crippen LogP contribution < -0.4 is 4.74 Å². The van der Waals surface area contributed by atoms with Gasteiger partial charge in [-0.1, -0.05) is 47.4 Å². The summed E-state index contributed by atoms with van der Waals surface area (Å²) in [5.41, 5.74) is 1.06. The second kappa shape index (κ2) is 6.29. The van der Waals surface area contributed by atoms with Crippen LogP contribution in [-0.4, -0.2) is 6.10 Å². The summed E-state index contributed by atoms with van der Waals surface area (Å²) < 4.78 is 6.16. The van der Waals surface area contributed by atoms with E-state index in [1.54, 1.807) is 0 Å². The largest absolute Gasteiger partial charge is 0.490 e. The normalized spacial score (nSPS) is 28.1. The van der Waals surface area contributed by atoms with Crippen molar-refractivity contribution in [1.29, 1.82) is 0 Å². The summed E-state index contributed by atoms with van der Waals surface area (Å²) in [6.45, 7) is 4.66. The average molecular weight is 332 g/mol. The number of halogens is 2. The van der Waals surface area contributed by atoms with Crippen molar-refractivity contribution in [2.24, 2.45) is 11.8 Å². The minimum absolute atomic E-state index is 0.340. The number of rotatable bonds is 3. The minimum Gasteiger partial charge on any atom is -0.490 e. The van der Waals surface area contributed by atoms with Gasteiger partial charge in [0.1, 0.15) is 5.75 Å². The highest BCUT2D eigenvalue weighted by Gasteiger charge is 2.26. The topological polar surface area (TPSA) is 9.23 Å². The molecule has 0 aliphatic heterocycles. The van der Waals surface area contributed by atoms with Gasteiger partial charge < -0.3 is 4.74 Å². The Morgan fingerprint density at radius 2 is 2.06 bits per heavy atom. The van der Waals surface area contributed by atoms with Crippen LogP contribution in [0.3, 0.4) is 0 Å². The molecule has 0 heterocycles. The number of hydrogen-bond acceptors (Lipinski definition) is 1.